The topological polar surface area (TPSA) is 95.6 Å². The Morgan fingerprint density at radius 3 is 2.73 bits per heavy atom. The van der Waals surface area contributed by atoms with Gasteiger partial charge in [0, 0.05) is 37.7 Å². The Morgan fingerprint density at radius 2 is 2.00 bits per heavy atom. The maximum atomic E-state index is 14.8. The summed E-state index contributed by atoms with van der Waals surface area (Å²) in [7, 11) is 1.50. The lowest BCUT2D eigenvalue weighted by molar-refractivity contribution is -0.144. The van der Waals surface area contributed by atoms with Gasteiger partial charge >= 0.3 is 5.92 Å². The van der Waals surface area contributed by atoms with Crippen molar-refractivity contribution in [2.24, 2.45) is 0 Å². The molecule has 0 saturated carbocycles. The lowest BCUT2D eigenvalue weighted by atomic mass is 9.96. The minimum atomic E-state index is -3.66. The highest BCUT2D eigenvalue weighted by Crippen LogP contribution is 2.36. The van der Waals surface area contributed by atoms with Crippen LogP contribution in [-0.2, 0) is 33.3 Å². The fourth-order valence-corrected chi connectivity index (χ4v) is 4.15. The van der Waals surface area contributed by atoms with Gasteiger partial charge in [0.2, 0.25) is 17.6 Å². The highest BCUT2D eigenvalue weighted by molar-refractivity contribution is 6.05. The number of benzene rings is 2. The number of ketones is 1. The molecule has 0 spiro atoms. The van der Waals surface area contributed by atoms with Gasteiger partial charge in [-0.25, -0.2) is 0 Å². The van der Waals surface area contributed by atoms with Gasteiger partial charge in [0.25, 0.3) is 5.91 Å². The van der Waals surface area contributed by atoms with E-state index >= 15 is 0 Å². The normalized spacial score (nSPS) is 20.9. The van der Waals surface area contributed by atoms with Crippen molar-refractivity contribution in [3.63, 3.8) is 0 Å². The maximum Gasteiger partial charge on any atom is 0.332 e. The summed E-state index contributed by atoms with van der Waals surface area (Å²) >= 11 is 0. The van der Waals surface area contributed by atoms with E-state index < -0.39 is 41.9 Å². The Labute approximate surface area is 190 Å². The maximum absolute atomic E-state index is 14.8. The summed E-state index contributed by atoms with van der Waals surface area (Å²) < 4.78 is 38.1. The number of halogens is 2. The predicted molar refractivity (Wildman–Crippen MR) is 116 cm³/mol. The number of nitrogens with zero attached hydrogens (tertiary/aromatic N) is 1. The first kappa shape index (κ1) is 21.2. The van der Waals surface area contributed by atoms with Crippen LogP contribution in [0.2, 0.25) is 0 Å². The first-order valence-corrected chi connectivity index (χ1v) is 10.5. The van der Waals surface area contributed by atoms with E-state index in [9.17, 15) is 28.0 Å². The number of aryl methyl sites for hydroxylation is 1. The first-order chi connectivity index (χ1) is 16.1. The number of alkyl halides is 2. The molecule has 1 fully saturated rings. The molecule has 9 heteroatoms. The van der Waals surface area contributed by atoms with E-state index in [0.29, 0.717) is 16.7 Å². The second-order valence-corrected chi connectivity index (χ2v) is 8.00. The van der Waals surface area contributed by atoms with E-state index in [1.54, 1.807) is 18.2 Å². The van der Waals surface area contributed by atoms with Gasteiger partial charge in [-0.05, 0) is 36.1 Å². The van der Waals surface area contributed by atoms with Crippen molar-refractivity contribution in [2.75, 3.05) is 12.4 Å². The summed E-state index contributed by atoms with van der Waals surface area (Å²) in [5, 5.41) is 4.77. The summed E-state index contributed by atoms with van der Waals surface area (Å²) in [5.74, 6) is -6.72. The second kappa shape index (κ2) is 8.73. The zero-order chi connectivity index (χ0) is 24.7. The van der Waals surface area contributed by atoms with Gasteiger partial charge in [0.15, 0.2) is 0 Å². The van der Waals surface area contributed by atoms with Crippen molar-refractivity contribution in [3.05, 3.63) is 64.7 Å². The molecule has 172 valence electrons. The third-order valence-electron chi connectivity index (χ3n) is 5.93. The van der Waals surface area contributed by atoms with Gasteiger partial charge in [-0.2, -0.15) is 8.78 Å². The van der Waals surface area contributed by atoms with E-state index in [4.69, 9.17) is 1.37 Å². The number of fused-ring (bicyclic) bond motifs is 1. The van der Waals surface area contributed by atoms with E-state index in [1.807, 2.05) is 0 Å². The number of hydrogen-bond donors (Lipinski definition) is 2. The van der Waals surface area contributed by atoms with Crippen molar-refractivity contribution >= 4 is 29.2 Å². The minimum Gasteiger partial charge on any atom is -0.388 e. The Morgan fingerprint density at radius 1 is 1.24 bits per heavy atom. The molecule has 33 heavy (non-hydrogen) atoms. The fourth-order valence-electron chi connectivity index (χ4n) is 4.15. The van der Waals surface area contributed by atoms with Gasteiger partial charge in [-0.3, -0.25) is 24.5 Å². The van der Waals surface area contributed by atoms with E-state index in [1.165, 1.54) is 31.3 Å². The molecule has 7 nitrogen and oxygen atoms in total. The number of carbonyl (C=O) groups is 4. The van der Waals surface area contributed by atoms with Gasteiger partial charge in [-0.15, -0.1) is 0 Å². The molecule has 1 saturated heterocycles. The fraction of sp³-hybridized carbons (Fsp3) is 0.333. The van der Waals surface area contributed by atoms with Gasteiger partial charge in [0.05, 0.1) is 6.93 Å². The summed E-state index contributed by atoms with van der Waals surface area (Å²) in [6.07, 6.45) is -0.525. The molecule has 2 heterocycles. The summed E-state index contributed by atoms with van der Waals surface area (Å²) in [6.45, 7) is -0.0211. The van der Waals surface area contributed by atoms with E-state index in [2.05, 4.69) is 10.6 Å². The summed E-state index contributed by atoms with van der Waals surface area (Å²) in [6, 6.07) is 8.56. The van der Waals surface area contributed by atoms with Crippen LogP contribution in [0.3, 0.4) is 0 Å². The van der Waals surface area contributed by atoms with Crippen LogP contribution in [-0.4, -0.2) is 41.5 Å². The molecule has 2 aromatic rings. The van der Waals surface area contributed by atoms with Crippen LogP contribution in [0.4, 0.5) is 14.5 Å². The Hall–Kier alpha value is -3.62. The van der Waals surface area contributed by atoms with Crippen LogP contribution in [0.1, 0.15) is 47.7 Å². The molecule has 3 amide bonds. The Bertz CT molecular complexity index is 1200. The quantitative estimate of drug-likeness (QED) is 0.625. The number of para-hydroxylation sites is 1. The van der Waals surface area contributed by atoms with Gasteiger partial charge in [-0.1, -0.05) is 30.3 Å². The molecule has 0 bridgehead atoms. The molecular weight excluding hydrogens is 432 g/mol. The van der Waals surface area contributed by atoms with E-state index in [-0.39, 0.29) is 37.1 Å². The van der Waals surface area contributed by atoms with Gasteiger partial charge < -0.3 is 10.2 Å². The third kappa shape index (κ3) is 4.22. The molecule has 0 aliphatic carbocycles. The molecule has 1 atom stereocenters. The minimum absolute atomic E-state index is 0.0211. The van der Waals surface area contributed by atoms with Crippen molar-refractivity contribution in [3.8, 4) is 0 Å². The average Bonchev–Trinajstić information content (AvgIpc) is 3.16. The first-order valence-electron chi connectivity index (χ1n) is 11.0. The van der Waals surface area contributed by atoms with Crippen LogP contribution < -0.4 is 10.6 Å². The number of nitrogens with one attached hydrogen (secondary N) is 2. The number of rotatable bonds is 7. The number of carbonyl (C=O) groups excluding carboxylic acids is 4. The molecule has 2 aromatic carbocycles. The van der Waals surface area contributed by atoms with Crippen LogP contribution in [0.5, 0.6) is 0 Å². The lowest BCUT2D eigenvalue weighted by Crippen LogP contribution is -2.52. The van der Waals surface area contributed by atoms with Crippen molar-refractivity contribution in [2.45, 2.75) is 44.2 Å². The molecule has 0 unspecified atom stereocenters. The Kier molecular flexibility index (Phi) is 5.62. The highest BCUT2D eigenvalue weighted by atomic mass is 19.3. The third-order valence-corrected chi connectivity index (χ3v) is 5.93. The predicted octanol–water partition coefficient (Wildman–Crippen LogP) is 2.78. The number of piperidine rings is 1. The molecule has 4 rings (SSSR count). The van der Waals surface area contributed by atoms with Crippen molar-refractivity contribution in [1.29, 1.82) is 0 Å². The molecule has 2 aliphatic heterocycles. The smallest absolute Gasteiger partial charge is 0.332 e. The SMILES string of the molecule is [2H][C@@]1(N2Cc3cc(CCC(=O)C(F)(F)c4ccccc4NC)ccc3C2=O)CCC(=O)NC1=O. The average molecular weight is 456 g/mol. The second-order valence-electron chi connectivity index (χ2n) is 8.00. The molecule has 2 aliphatic rings. The summed E-state index contributed by atoms with van der Waals surface area (Å²) in [4.78, 5) is 50.1. The number of amides is 3. The lowest BCUT2D eigenvalue weighted by Gasteiger charge is -2.29. The number of anilines is 1. The van der Waals surface area contributed by atoms with E-state index in [0.717, 1.165) is 4.90 Å². The van der Waals surface area contributed by atoms with Crippen LogP contribution in [0.25, 0.3) is 0 Å². The van der Waals surface area contributed by atoms with Crippen molar-refractivity contribution < 1.29 is 29.3 Å². The Balaban J connectivity index is 1.47. The molecular formula is C24H23F2N3O4. The van der Waals surface area contributed by atoms with Crippen LogP contribution in [0.15, 0.2) is 42.5 Å². The highest BCUT2D eigenvalue weighted by Gasteiger charge is 2.42. The molecule has 0 radical (unpaired) electrons. The summed E-state index contributed by atoms with van der Waals surface area (Å²) in [5.41, 5.74) is 1.22. The zero-order valence-electron chi connectivity index (χ0n) is 18.9. The monoisotopic (exact) mass is 456 g/mol. The molecule has 2 N–H and O–H groups in total. The van der Waals surface area contributed by atoms with Crippen LogP contribution in [0, 0.1) is 0 Å². The van der Waals surface area contributed by atoms with Crippen molar-refractivity contribution in [1.82, 2.24) is 10.2 Å². The van der Waals surface area contributed by atoms with Gasteiger partial charge in [0.1, 0.15) is 6.02 Å². The number of hydrogen-bond acceptors (Lipinski definition) is 5. The largest absolute Gasteiger partial charge is 0.388 e. The van der Waals surface area contributed by atoms with Crippen LogP contribution >= 0.6 is 0 Å². The number of imide groups is 1. The number of Topliss-reactive ketones (excluding diaryl/α,β-unsaturated/α-hetero) is 1. The standard InChI is InChI=1S/C24H23F2N3O4/c1-27-18-5-3-2-4-17(18)24(25,26)20(30)10-7-14-6-8-16-15(12-14)13-29(23(16)33)19-9-11-21(31)28-22(19)32/h2-6,8,12,19,27H,7,9-11,13H2,1H3,(H,28,31,32)/t19-/m1/s1/i19D. The molecule has 0 aromatic heterocycles. The zero-order valence-corrected chi connectivity index (χ0v) is 17.9.